The fraction of sp³-hybridized carbons (Fsp3) is 0.324. The maximum atomic E-state index is 13.9. The molecule has 4 rings (SSSR count). The van der Waals surface area contributed by atoms with Crippen molar-refractivity contribution >= 4 is 55.4 Å². The van der Waals surface area contributed by atoms with Crippen molar-refractivity contribution in [1.29, 1.82) is 0 Å². The van der Waals surface area contributed by atoms with Gasteiger partial charge in [-0.3, -0.25) is 4.79 Å². The Morgan fingerprint density at radius 3 is 2.42 bits per heavy atom. The second-order valence-electron chi connectivity index (χ2n) is 12.1. The van der Waals surface area contributed by atoms with Crippen molar-refractivity contribution in [2.24, 2.45) is 10.9 Å². The molecule has 0 saturated carbocycles. The van der Waals surface area contributed by atoms with Crippen molar-refractivity contribution in [2.45, 2.75) is 57.1 Å². The fourth-order valence-electron chi connectivity index (χ4n) is 4.59. The molecular weight excluding hydrogens is 685 g/mol. The van der Waals surface area contributed by atoms with Gasteiger partial charge >= 0.3 is 12.1 Å². The van der Waals surface area contributed by atoms with E-state index in [1.165, 1.54) is 42.5 Å². The number of aromatic nitrogens is 1. The van der Waals surface area contributed by atoms with Gasteiger partial charge in [-0.05, 0) is 81.6 Å². The van der Waals surface area contributed by atoms with Gasteiger partial charge in [-0.2, -0.15) is 0 Å². The van der Waals surface area contributed by atoms with Crippen LogP contribution < -0.4 is 25.8 Å². The highest BCUT2D eigenvalue weighted by Gasteiger charge is 2.26. The summed E-state index contributed by atoms with van der Waals surface area (Å²) >= 11 is 1.32. The Morgan fingerprint density at radius 1 is 0.980 bits per heavy atom. The Morgan fingerprint density at radius 2 is 1.70 bits per heavy atom. The number of amidine groups is 1. The zero-order valence-corrected chi connectivity index (χ0v) is 29.9. The van der Waals surface area contributed by atoms with E-state index < -0.39 is 39.6 Å². The number of nitrogens with two attached hydrogens (primary N) is 1. The summed E-state index contributed by atoms with van der Waals surface area (Å²) in [6.07, 6.45) is 0.0495. The Labute approximate surface area is 294 Å². The number of hydrogen-bond acceptors (Lipinski definition) is 11. The molecule has 0 aliphatic heterocycles. The van der Waals surface area contributed by atoms with Crippen molar-refractivity contribution in [3.8, 4) is 5.75 Å². The number of benzene rings is 3. The first-order valence-electron chi connectivity index (χ1n) is 15.6. The van der Waals surface area contributed by atoms with Crippen LogP contribution in [0.1, 0.15) is 66.7 Å². The lowest BCUT2D eigenvalue weighted by molar-refractivity contribution is -0.140. The van der Waals surface area contributed by atoms with Crippen LogP contribution in [0.15, 0.2) is 76.8 Å². The predicted molar refractivity (Wildman–Crippen MR) is 189 cm³/mol. The minimum absolute atomic E-state index is 0.0272. The Kier molecular flexibility index (Phi) is 12.5. The van der Waals surface area contributed by atoms with E-state index in [2.05, 4.69) is 25.3 Å². The molecule has 16 heteroatoms. The maximum Gasteiger partial charge on any atom is 0.407 e. The third-order valence-electron chi connectivity index (χ3n) is 6.86. The summed E-state index contributed by atoms with van der Waals surface area (Å²) in [7, 11) is -2.63. The molecule has 1 unspecified atom stereocenters. The number of methoxy groups -OCH3 is 1. The van der Waals surface area contributed by atoms with Gasteiger partial charge < -0.3 is 30.7 Å². The fourth-order valence-corrected chi connectivity index (χ4v) is 6.96. The molecule has 0 saturated heterocycles. The lowest BCUT2D eigenvalue weighted by Gasteiger charge is -2.19. The van der Waals surface area contributed by atoms with E-state index in [4.69, 9.17) is 20.2 Å². The van der Waals surface area contributed by atoms with Crippen LogP contribution >= 0.6 is 11.3 Å². The Balaban J connectivity index is 1.53. The van der Waals surface area contributed by atoms with Gasteiger partial charge in [0.05, 0.1) is 28.3 Å². The number of nitrogens with one attached hydrogen (secondary N) is 3. The molecule has 2 amide bonds. The molecule has 0 bridgehead atoms. The van der Waals surface area contributed by atoms with Gasteiger partial charge in [0.2, 0.25) is 10.0 Å². The van der Waals surface area contributed by atoms with Crippen molar-refractivity contribution < 1.29 is 37.1 Å². The second-order valence-corrected chi connectivity index (χ2v) is 14.9. The molecule has 0 fully saturated rings. The van der Waals surface area contributed by atoms with Crippen LogP contribution in [0.4, 0.5) is 4.79 Å². The van der Waals surface area contributed by atoms with Crippen LogP contribution in [-0.2, 0) is 30.8 Å². The highest BCUT2D eigenvalue weighted by Crippen LogP contribution is 2.32. The molecule has 5 N–H and O–H groups in total. The van der Waals surface area contributed by atoms with Gasteiger partial charge in [0.25, 0.3) is 5.91 Å². The van der Waals surface area contributed by atoms with Crippen LogP contribution in [0.25, 0.3) is 10.2 Å². The summed E-state index contributed by atoms with van der Waals surface area (Å²) in [6.45, 7) is 7.01. The largest absolute Gasteiger partial charge is 0.497 e. The van der Waals surface area contributed by atoms with E-state index in [0.717, 1.165) is 4.70 Å². The molecule has 0 spiro atoms. The number of thiazole rings is 1. The van der Waals surface area contributed by atoms with Gasteiger partial charge in [-0.1, -0.05) is 29.4 Å². The number of nitrogens with zero attached hydrogens (tertiary/aromatic N) is 2. The van der Waals surface area contributed by atoms with Crippen molar-refractivity contribution in [3.05, 3.63) is 88.4 Å². The topological polar surface area (TPSA) is 200 Å². The van der Waals surface area contributed by atoms with Crippen LogP contribution in [0.2, 0.25) is 0 Å². The number of alkyl carbamates (subject to hydrolysis) is 1. The van der Waals surface area contributed by atoms with E-state index in [-0.39, 0.29) is 35.8 Å². The quantitative estimate of drug-likeness (QED) is 0.0475. The predicted octanol–water partition coefficient (Wildman–Crippen LogP) is 4.40. The van der Waals surface area contributed by atoms with Crippen molar-refractivity contribution in [2.75, 3.05) is 20.2 Å². The minimum atomic E-state index is -4.19. The third-order valence-corrected chi connectivity index (χ3v) is 9.46. The maximum absolute atomic E-state index is 13.9. The van der Waals surface area contributed by atoms with E-state index in [1.807, 2.05) is 6.07 Å². The SMILES string of the molecule is COc1ccc2nc(C(Cc3cccc(C(N)=NOC(C)=O)c3)NS(=O)(=O)c3cccc(C(=O)NCCCNC(=O)OC(C)(C)C)c3)sc2c1. The van der Waals surface area contributed by atoms with Gasteiger partial charge in [-0.25, -0.2) is 27.7 Å². The monoisotopic (exact) mass is 724 g/mol. The summed E-state index contributed by atoms with van der Waals surface area (Å²) in [5.74, 6) is -0.490. The molecule has 14 nitrogen and oxygen atoms in total. The molecule has 4 aromatic rings. The number of carbonyl (C=O) groups is 3. The normalized spacial score (nSPS) is 12.6. The van der Waals surface area contributed by atoms with Gasteiger partial charge in [0.15, 0.2) is 5.84 Å². The van der Waals surface area contributed by atoms with E-state index in [1.54, 1.807) is 64.3 Å². The highest BCUT2D eigenvalue weighted by atomic mass is 32.2. The standard InChI is InChI=1S/C34H40N6O8S2/c1-21(41)48-39-30(35)23-10-6-9-22(17-23)18-28(32-38-27-14-13-25(46-5)20-29(27)49-32)40-50(44,45)26-12-7-11-24(19-26)31(42)36-15-8-16-37-33(43)47-34(2,3)4/h6-7,9-14,17,19-20,28,40H,8,15-16,18H2,1-5H3,(H2,35,39)(H,36,42)(H,37,43). The molecule has 0 radical (unpaired) electrons. The first-order valence-corrected chi connectivity index (χ1v) is 17.9. The summed E-state index contributed by atoms with van der Waals surface area (Å²) in [6, 6.07) is 17.2. The number of sulfonamides is 1. The van der Waals surface area contributed by atoms with Crippen molar-refractivity contribution in [1.82, 2.24) is 20.3 Å². The zero-order valence-electron chi connectivity index (χ0n) is 28.3. The van der Waals surface area contributed by atoms with E-state index in [9.17, 15) is 22.8 Å². The molecule has 50 heavy (non-hydrogen) atoms. The Bertz CT molecular complexity index is 1990. The number of carbonyl (C=O) groups excluding carboxylic acids is 3. The molecule has 1 heterocycles. The van der Waals surface area contributed by atoms with Crippen LogP contribution in [-0.4, -0.2) is 63.0 Å². The summed E-state index contributed by atoms with van der Waals surface area (Å²) in [5, 5.41) is 9.50. The number of rotatable bonds is 14. The molecule has 1 atom stereocenters. The number of fused-ring (bicyclic) bond motifs is 1. The van der Waals surface area contributed by atoms with Crippen molar-refractivity contribution in [3.63, 3.8) is 0 Å². The van der Waals surface area contributed by atoms with Crippen LogP contribution in [0, 0.1) is 0 Å². The third kappa shape index (κ3) is 11.0. The average molecular weight is 725 g/mol. The number of oxime groups is 1. The number of amides is 2. The minimum Gasteiger partial charge on any atom is -0.497 e. The van der Waals surface area contributed by atoms with Gasteiger partial charge in [-0.15, -0.1) is 11.3 Å². The molecule has 3 aromatic carbocycles. The second kappa shape index (κ2) is 16.6. The first kappa shape index (κ1) is 37.8. The lowest BCUT2D eigenvalue weighted by Crippen LogP contribution is -2.34. The summed E-state index contributed by atoms with van der Waals surface area (Å²) < 4.78 is 41.8. The molecular formula is C34H40N6O8S2. The lowest BCUT2D eigenvalue weighted by atomic mass is 10.0. The Hall–Kier alpha value is -5.06. The van der Waals surface area contributed by atoms with E-state index in [0.29, 0.717) is 33.8 Å². The molecule has 0 aliphatic rings. The molecule has 0 aliphatic carbocycles. The highest BCUT2D eigenvalue weighted by molar-refractivity contribution is 7.89. The molecule has 266 valence electrons. The van der Waals surface area contributed by atoms with Gasteiger partial charge in [0.1, 0.15) is 16.4 Å². The molecule has 1 aromatic heterocycles. The van der Waals surface area contributed by atoms with Gasteiger partial charge in [0, 0.05) is 31.1 Å². The number of ether oxygens (including phenoxy) is 2. The smallest absolute Gasteiger partial charge is 0.407 e. The van der Waals surface area contributed by atoms with E-state index >= 15 is 0 Å². The average Bonchev–Trinajstić information content (AvgIpc) is 3.49. The zero-order chi connectivity index (χ0) is 36.5. The summed E-state index contributed by atoms with van der Waals surface area (Å²) in [5.41, 5.74) is 7.37. The number of hydrogen-bond donors (Lipinski definition) is 4. The van der Waals surface area contributed by atoms with Crippen LogP contribution in [0.3, 0.4) is 0 Å². The van der Waals surface area contributed by atoms with Crippen LogP contribution in [0.5, 0.6) is 5.75 Å². The summed E-state index contributed by atoms with van der Waals surface area (Å²) in [4.78, 5) is 45.2. The first-order chi connectivity index (χ1) is 23.6.